The van der Waals surface area contributed by atoms with Crippen LogP contribution in [-0.4, -0.2) is 38.8 Å². The lowest BCUT2D eigenvalue weighted by atomic mass is 10.2. The quantitative estimate of drug-likeness (QED) is 0.702. The van der Waals surface area contributed by atoms with E-state index in [-0.39, 0.29) is 18.3 Å². The fourth-order valence-electron chi connectivity index (χ4n) is 2.52. The first kappa shape index (κ1) is 17.9. The molecule has 0 radical (unpaired) electrons. The molecular formula is C18H18FIN2O3. The van der Waals surface area contributed by atoms with Gasteiger partial charge in [-0.3, -0.25) is 4.79 Å². The molecule has 1 aliphatic heterocycles. The first-order chi connectivity index (χ1) is 12.1. The summed E-state index contributed by atoms with van der Waals surface area (Å²) in [6, 6.07) is 12.1. The maximum absolute atomic E-state index is 14.3. The number of benzene rings is 2. The zero-order chi connectivity index (χ0) is 17.6. The van der Waals surface area contributed by atoms with E-state index in [1.807, 2.05) is 17.0 Å². The molecule has 0 saturated carbocycles. The van der Waals surface area contributed by atoms with Gasteiger partial charge in [0, 0.05) is 22.3 Å². The van der Waals surface area contributed by atoms with E-state index in [9.17, 15) is 9.18 Å². The number of carbonyl (C=O) groups is 1. The number of carbonyl (C=O) groups excluding carboxylic acids is 1. The molecule has 3 rings (SSSR count). The minimum absolute atomic E-state index is 0.132. The molecule has 1 heterocycles. The van der Waals surface area contributed by atoms with Gasteiger partial charge in [0.2, 0.25) is 0 Å². The van der Waals surface area contributed by atoms with E-state index in [0.29, 0.717) is 43.4 Å². The number of ether oxygens (including phenoxy) is 2. The SMILES string of the molecule is O=C(COc1ccc(I)cc1)Nc1ccc(N2CCOCC2)c(F)c1. The van der Waals surface area contributed by atoms with Crippen LogP contribution in [0.1, 0.15) is 0 Å². The molecule has 0 bridgehead atoms. The van der Waals surface area contributed by atoms with Crippen molar-refractivity contribution >= 4 is 39.9 Å². The summed E-state index contributed by atoms with van der Waals surface area (Å²) in [6.07, 6.45) is 0. The summed E-state index contributed by atoms with van der Waals surface area (Å²) >= 11 is 2.19. The number of anilines is 2. The van der Waals surface area contributed by atoms with Crippen molar-refractivity contribution in [2.45, 2.75) is 0 Å². The number of halogens is 2. The zero-order valence-electron chi connectivity index (χ0n) is 13.5. The Morgan fingerprint density at radius 1 is 1.20 bits per heavy atom. The lowest BCUT2D eigenvalue weighted by Crippen LogP contribution is -2.36. The number of morpholine rings is 1. The topological polar surface area (TPSA) is 50.8 Å². The van der Waals surface area contributed by atoms with Crippen molar-refractivity contribution in [2.75, 3.05) is 43.1 Å². The van der Waals surface area contributed by atoms with E-state index in [2.05, 4.69) is 27.9 Å². The van der Waals surface area contributed by atoms with Crippen molar-refractivity contribution in [1.82, 2.24) is 0 Å². The van der Waals surface area contributed by atoms with Crippen LogP contribution in [0.2, 0.25) is 0 Å². The molecule has 1 amide bonds. The lowest BCUT2D eigenvalue weighted by Gasteiger charge is -2.29. The summed E-state index contributed by atoms with van der Waals surface area (Å²) in [4.78, 5) is 13.9. The van der Waals surface area contributed by atoms with Crippen molar-refractivity contribution in [2.24, 2.45) is 0 Å². The van der Waals surface area contributed by atoms with Gasteiger partial charge in [0.1, 0.15) is 11.6 Å². The second kappa shape index (κ2) is 8.48. The minimum atomic E-state index is -0.363. The summed E-state index contributed by atoms with van der Waals surface area (Å²) in [5.41, 5.74) is 0.933. The van der Waals surface area contributed by atoms with E-state index in [4.69, 9.17) is 9.47 Å². The average Bonchev–Trinajstić information content (AvgIpc) is 2.62. The highest BCUT2D eigenvalue weighted by molar-refractivity contribution is 14.1. The minimum Gasteiger partial charge on any atom is -0.484 e. The van der Waals surface area contributed by atoms with E-state index in [0.717, 1.165) is 3.57 Å². The number of amides is 1. The van der Waals surface area contributed by atoms with Crippen molar-refractivity contribution in [1.29, 1.82) is 0 Å². The summed E-state index contributed by atoms with van der Waals surface area (Å²) in [7, 11) is 0. The highest BCUT2D eigenvalue weighted by Crippen LogP contribution is 2.23. The molecule has 1 N–H and O–H groups in total. The van der Waals surface area contributed by atoms with Crippen LogP contribution in [0, 0.1) is 9.39 Å². The monoisotopic (exact) mass is 456 g/mol. The van der Waals surface area contributed by atoms with Crippen LogP contribution in [0.3, 0.4) is 0 Å². The summed E-state index contributed by atoms with van der Waals surface area (Å²) in [5.74, 6) is -0.0836. The third kappa shape index (κ3) is 5.05. The second-order valence-corrected chi connectivity index (χ2v) is 6.80. The Bertz CT molecular complexity index is 734. The number of hydrogen-bond acceptors (Lipinski definition) is 4. The Morgan fingerprint density at radius 2 is 1.92 bits per heavy atom. The predicted molar refractivity (Wildman–Crippen MR) is 103 cm³/mol. The van der Waals surface area contributed by atoms with Crippen molar-refractivity contribution in [3.05, 3.63) is 51.9 Å². The zero-order valence-corrected chi connectivity index (χ0v) is 15.7. The number of hydrogen-bond donors (Lipinski definition) is 1. The van der Waals surface area contributed by atoms with Gasteiger partial charge in [-0.2, -0.15) is 0 Å². The van der Waals surface area contributed by atoms with Crippen LogP contribution in [0.4, 0.5) is 15.8 Å². The van der Waals surface area contributed by atoms with Crippen molar-refractivity contribution in [3.8, 4) is 5.75 Å². The summed E-state index contributed by atoms with van der Waals surface area (Å²) in [5, 5.41) is 2.65. The predicted octanol–water partition coefficient (Wildman–Crippen LogP) is 3.28. The van der Waals surface area contributed by atoms with Gasteiger partial charge in [0.25, 0.3) is 5.91 Å². The molecule has 2 aromatic carbocycles. The van der Waals surface area contributed by atoms with Gasteiger partial charge in [-0.1, -0.05) is 0 Å². The number of rotatable bonds is 5. The van der Waals surface area contributed by atoms with Gasteiger partial charge >= 0.3 is 0 Å². The molecule has 5 nitrogen and oxygen atoms in total. The fraction of sp³-hybridized carbons (Fsp3) is 0.278. The van der Waals surface area contributed by atoms with Crippen LogP contribution >= 0.6 is 22.6 Å². The standard InChI is InChI=1S/C18H18FIN2O3/c19-16-11-14(3-6-17(16)22-7-9-24-10-8-22)21-18(23)12-25-15-4-1-13(20)2-5-15/h1-6,11H,7-10,12H2,(H,21,23). The summed E-state index contributed by atoms with van der Waals surface area (Å²) in [6.45, 7) is 2.37. The number of nitrogens with zero attached hydrogens (tertiary/aromatic N) is 1. The Morgan fingerprint density at radius 3 is 2.60 bits per heavy atom. The van der Waals surface area contributed by atoms with Crippen LogP contribution in [0.25, 0.3) is 0 Å². The van der Waals surface area contributed by atoms with Crippen LogP contribution < -0.4 is 15.0 Å². The molecule has 1 saturated heterocycles. The molecule has 1 fully saturated rings. The molecule has 0 aromatic heterocycles. The van der Waals surface area contributed by atoms with E-state index in [1.165, 1.54) is 6.07 Å². The van der Waals surface area contributed by atoms with E-state index in [1.54, 1.807) is 24.3 Å². The third-order valence-corrected chi connectivity index (χ3v) is 4.49. The molecular weight excluding hydrogens is 438 g/mol. The molecule has 132 valence electrons. The first-order valence-corrected chi connectivity index (χ1v) is 9.00. The Balaban J connectivity index is 1.55. The lowest BCUT2D eigenvalue weighted by molar-refractivity contribution is -0.118. The normalized spacial score (nSPS) is 14.2. The molecule has 0 atom stereocenters. The number of nitrogens with one attached hydrogen (secondary N) is 1. The Labute approximate surface area is 159 Å². The molecule has 0 aliphatic carbocycles. The highest BCUT2D eigenvalue weighted by Gasteiger charge is 2.15. The fourth-order valence-corrected chi connectivity index (χ4v) is 2.88. The average molecular weight is 456 g/mol. The molecule has 0 spiro atoms. The molecule has 7 heteroatoms. The van der Waals surface area contributed by atoms with Gasteiger partial charge in [0.15, 0.2) is 6.61 Å². The van der Waals surface area contributed by atoms with Gasteiger partial charge < -0.3 is 19.7 Å². The van der Waals surface area contributed by atoms with E-state index >= 15 is 0 Å². The molecule has 25 heavy (non-hydrogen) atoms. The Hall–Kier alpha value is -1.87. The largest absolute Gasteiger partial charge is 0.484 e. The van der Waals surface area contributed by atoms with Crippen molar-refractivity contribution in [3.63, 3.8) is 0 Å². The van der Waals surface area contributed by atoms with Gasteiger partial charge in [0.05, 0.1) is 18.9 Å². The molecule has 2 aromatic rings. The third-order valence-electron chi connectivity index (χ3n) is 3.77. The first-order valence-electron chi connectivity index (χ1n) is 7.92. The van der Waals surface area contributed by atoms with E-state index < -0.39 is 0 Å². The molecule has 1 aliphatic rings. The van der Waals surface area contributed by atoms with Crippen LogP contribution in [-0.2, 0) is 9.53 Å². The van der Waals surface area contributed by atoms with Crippen LogP contribution in [0.5, 0.6) is 5.75 Å². The highest BCUT2D eigenvalue weighted by atomic mass is 127. The maximum Gasteiger partial charge on any atom is 0.262 e. The van der Waals surface area contributed by atoms with Crippen molar-refractivity contribution < 1.29 is 18.7 Å². The maximum atomic E-state index is 14.3. The smallest absolute Gasteiger partial charge is 0.262 e. The summed E-state index contributed by atoms with van der Waals surface area (Å²) < 4.78 is 26.1. The van der Waals surface area contributed by atoms with Crippen LogP contribution in [0.15, 0.2) is 42.5 Å². The Kier molecular flexibility index (Phi) is 6.09. The van der Waals surface area contributed by atoms with Gasteiger partial charge in [-0.05, 0) is 65.1 Å². The molecule has 0 unspecified atom stereocenters. The van der Waals surface area contributed by atoms with Gasteiger partial charge in [-0.25, -0.2) is 4.39 Å². The van der Waals surface area contributed by atoms with Gasteiger partial charge in [-0.15, -0.1) is 0 Å². The second-order valence-electron chi connectivity index (χ2n) is 5.56.